The monoisotopic (exact) mass is 285 g/mol. The van der Waals surface area contributed by atoms with Crippen LogP contribution in [0.3, 0.4) is 0 Å². The lowest BCUT2D eigenvalue weighted by Gasteiger charge is -2.29. The van der Waals surface area contributed by atoms with E-state index in [0.29, 0.717) is 13.0 Å². The van der Waals surface area contributed by atoms with Crippen molar-refractivity contribution < 1.29 is 4.79 Å². The maximum atomic E-state index is 12.5. The van der Waals surface area contributed by atoms with Gasteiger partial charge in [0.15, 0.2) is 0 Å². The Morgan fingerprint density at radius 3 is 3.05 bits per heavy atom. The highest BCUT2D eigenvalue weighted by molar-refractivity contribution is 5.94. The van der Waals surface area contributed by atoms with E-state index < -0.39 is 0 Å². The number of carbonyl (C=O) groups excluding carboxylic acids is 1. The molecule has 1 aromatic carbocycles. The Labute approximate surface area is 123 Å². The highest BCUT2D eigenvalue weighted by Crippen LogP contribution is 2.26. The third-order valence-electron chi connectivity index (χ3n) is 3.70. The van der Waals surface area contributed by atoms with Gasteiger partial charge in [-0.3, -0.25) is 4.79 Å². The lowest BCUT2D eigenvalue weighted by Crippen LogP contribution is -2.37. The Balaban J connectivity index is 1.74. The summed E-state index contributed by atoms with van der Waals surface area (Å²) < 4.78 is 1.59. The first-order valence-electron chi connectivity index (χ1n) is 7.25. The van der Waals surface area contributed by atoms with Gasteiger partial charge in [-0.2, -0.15) is 0 Å². The first kappa shape index (κ1) is 13.8. The molecule has 1 amide bonds. The molecule has 1 aromatic heterocycles. The summed E-state index contributed by atoms with van der Waals surface area (Å²) in [6, 6.07) is 8.08. The van der Waals surface area contributed by atoms with Crippen LogP contribution >= 0.6 is 0 Å². The number of hydrogen-bond acceptors (Lipinski definition) is 4. The van der Waals surface area contributed by atoms with Crippen LogP contribution in [0.1, 0.15) is 17.7 Å². The Bertz CT molecular complexity index is 636. The number of nitrogens with two attached hydrogens (primary N) is 1. The molecule has 0 saturated carbocycles. The van der Waals surface area contributed by atoms with Crippen molar-refractivity contribution in [3.05, 3.63) is 41.7 Å². The number of rotatable bonds is 4. The van der Waals surface area contributed by atoms with E-state index in [4.69, 9.17) is 5.73 Å². The average Bonchev–Trinajstić information content (AvgIpc) is 2.94. The van der Waals surface area contributed by atoms with Crippen molar-refractivity contribution in [2.45, 2.75) is 25.8 Å². The predicted molar refractivity (Wildman–Crippen MR) is 79.9 cm³/mol. The maximum absolute atomic E-state index is 12.5. The fourth-order valence-corrected chi connectivity index (χ4v) is 2.69. The van der Waals surface area contributed by atoms with Gasteiger partial charge in [-0.1, -0.05) is 23.4 Å². The molecular formula is C15H19N5O. The van der Waals surface area contributed by atoms with Gasteiger partial charge >= 0.3 is 0 Å². The van der Waals surface area contributed by atoms with E-state index in [1.54, 1.807) is 10.9 Å². The minimum Gasteiger partial charge on any atom is -0.330 e. The van der Waals surface area contributed by atoms with Crippen LogP contribution in [-0.4, -0.2) is 34.0 Å². The molecule has 6 heteroatoms. The quantitative estimate of drug-likeness (QED) is 0.899. The molecule has 0 fully saturated rings. The van der Waals surface area contributed by atoms with Gasteiger partial charge in [-0.05, 0) is 31.0 Å². The van der Waals surface area contributed by atoms with E-state index in [1.807, 2.05) is 23.1 Å². The molecule has 21 heavy (non-hydrogen) atoms. The van der Waals surface area contributed by atoms with Crippen molar-refractivity contribution in [2.24, 2.45) is 5.73 Å². The molecule has 110 valence electrons. The molecule has 0 atom stereocenters. The Morgan fingerprint density at radius 1 is 1.33 bits per heavy atom. The van der Waals surface area contributed by atoms with Gasteiger partial charge in [0.05, 0.1) is 5.69 Å². The molecule has 0 spiro atoms. The van der Waals surface area contributed by atoms with E-state index in [0.717, 1.165) is 30.8 Å². The van der Waals surface area contributed by atoms with Crippen LogP contribution in [0.5, 0.6) is 0 Å². The smallest absolute Gasteiger partial charge is 0.248 e. The molecule has 3 rings (SSSR count). The van der Waals surface area contributed by atoms with Gasteiger partial charge in [0.2, 0.25) is 5.91 Å². The number of anilines is 1. The minimum atomic E-state index is 0.0475. The summed E-state index contributed by atoms with van der Waals surface area (Å²) in [6.07, 6.45) is 4.50. The molecule has 0 aliphatic carbocycles. The molecule has 0 radical (unpaired) electrons. The number of para-hydroxylation sites is 1. The highest BCUT2D eigenvalue weighted by atomic mass is 16.2. The second-order valence-electron chi connectivity index (χ2n) is 5.22. The summed E-state index contributed by atoms with van der Waals surface area (Å²) in [4.78, 5) is 14.4. The lowest BCUT2D eigenvalue weighted by molar-refractivity contribution is -0.119. The second kappa shape index (κ2) is 6.05. The van der Waals surface area contributed by atoms with Crippen LogP contribution in [0.25, 0.3) is 0 Å². The van der Waals surface area contributed by atoms with Crippen LogP contribution in [0, 0.1) is 0 Å². The van der Waals surface area contributed by atoms with Gasteiger partial charge in [-0.15, -0.1) is 5.10 Å². The van der Waals surface area contributed by atoms with E-state index in [2.05, 4.69) is 16.4 Å². The molecule has 6 nitrogen and oxygen atoms in total. The fourth-order valence-electron chi connectivity index (χ4n) is 2.69. The number of fused-ring (bicyclic) bond motifs is 1. The van der Waals surface area contributed by atoms with Crippen LogP contribution in [0.4, 0.5) is 5.69 Å². The predicted octanol–water partition coefficient (Wildman–Crippen LogP) is 0.759. The largest absolute Gasteiger partial charge is 0.330 e. The summed E-state index contributed by atoms with van der Waals surface area (Å²) in [5, 5.41) is 8.00. The molecule has 2 aromatic rings. The van der Waals surface area contributed by atoms with Gasteiger partial charge in [-0.25, -0.2) is 4.68 Å². The SMILES string of the molecule is NCCc1cn(CC(=O)N2CCCc3ccccc32)nn1. The zero-order valence-electron chi connectivity index (χ0n) is 11.9. The van der Waals surface area contributed by atoms with Crippen molar-refractivity contribution in [3.63, 3.8) is 0 Å². The third kappa shape index (κ3) is 2.95. The lowest BCUT2D eigenvalue weighted by atomic mass is 10.0. The number of hydrogen-bond donors (Lipinski definition) is 1. The number of carbonyl (C=O) groups is 1. The Morgan fingerprint density at radius 2 is 2.19 bits per heavy atom. The Hall–Kier alpha value is -2.21. The van der Waals surface area contributed by atoms with Crippen molar-refractivity contribution in [2.75, 3.05) is 18.0 Å². The molecule has 2 heterocycles. The van der Waals surface area contributed by atoms with Crippen LogP contribution in [0.15, 0.2) is 30.5 Å². The topological polar surface area (TPSA) is 77.0 Å². The van der Waals surface area contributed by atoms with Crippen molar-refractivity contribution >= 4 is 11.6 Å². The zero-order valence-corrected chi connectivity index (χ0v) is 11.9. The van der Waals surface area contributed by atoms with E-state index in [-0.39, 0.29) is 12.5 Å². The fraction of sp³-hybridized carbons (Fsp3) is 0.400. The third-order valence-corrected chi connectivity index (χ3v) is 3.70. The van der Waals surface area contributed by atoms with Crippen LogP contribution in [0.2, 0.25) is 0 Å². The van der Waals surface area contributed by atoms with Crippen molar-refractivity contribution in [3.8, 4) is 0 Å². The molecule has 0 saturated heterocycles. The number of benzene rings is 1. The average molecular weight is 285 g/mol. The van der Waals surface area contributed by atoms with Crippen molar-refractivity contribution in [1.82, 2.24) is 15.0 Å². The number of nitrogens with zero attached hydrogens (tertiary/aromatic N) is 4. The molecular weight excluding hydrogens is 266 g/mol. The van der Waals surface area contributed by atoms with Crippen LogP contribution < -0.4 is 10.6 Å². The summed E-state index contributed by atoms with van der Waals surface area (Å²) in [5.74, 6) is 0.0475. The summed E-state index contributed by atoms with van der Waals surface area (Å²) in [5.41, 5.74) is 8.57. The van der Waals surface area contributed by atoms with Crippen molar-refractivity contribution in [1.29, 1.82) is 0 Å². The summed E-state index contributed by atoms with van der Waals surface area (Å²) in [7, 11) is 0. The summed E-state index contributed by atoms with van der Waals surface area (Å²) in [6.45, 7) is 1.51. The molecule has 0 unspecified atom stereocenters. The van der Waals surface area contributed by atoms with Gasteiger partial charge in [0.1, 0.15) is 6.54 Å². The first-order chi connectivity index (χ1) is 10.3. The highest BCUT2D eigenvalue weighted by Gasteiger charge is 2.22. The second-order valence-corrected chi connectivity index (χ2v) is 5.22. The summed E-state index contributed by atoms with van der Waals surface area (Å²) >= 11 is 0. The van der Waals surface area contributed by atoms with Gasteiger partial charge in [0, 0.05) is 24.8 Å². The normalized spacial score (nSPS) is 14.0. The van der Waals surface area contributed by atoms with Crippen LogP contribution in [-0.2, 0) is 24.2 Å². The Kier molecular flexibility index (Phi) is 3.96. The van der Waals surface area contributed by atoms with E-state index >= 15 is 0 Å². The molecule has 0 bridgehead atoms. The number of amides is 1. The van der Waals surface area contributed by atoms with Gasteiger partial charge in [0.25, 0.3) is 0 Å². The molecule has 1 aliphatic heterocycles. The molecule has 1 aliphatic rings. The van der Waals surface area contributed by atoms with Gasteiger partial charge < -0.3 is 10.6 Å². The number of aryl methyl sites for hydroxylation is 1. The zero-order chi connectivity index (χ0) is 14.7. The standard InChI is InChI=1S/C15H19N5O/c16-8-7-13-10-19(18-17-13)11-15(21)20-9-3-5-12-4-1-2-6-14(12)20/h1-2,4,6,10H,3,5,7-9,11,16H2. The van der Waals surface area contributed by atoms with E-state index in [9.17, 15) is 4.79 Å². The minimum absolute atomic E-state index is 0.0475. The molecule has 2 N–H and O–H groups in total. The van der Waals surface area contributed by atoms with E-state index in [1.165, 1.54) is 5.56 Å². The maximum Gasteiger partial charge on any atom is 0.248 e. The first-order valence-corrected chi connectivity index (χ1v) is 7.25. The number of aromatic nitrogens is 3.